The number of ether oxygens (including phenoxy) is 1. The number of anilines is 1. The summed E-state index contributed by atoms with van der Waals surface area (Å²) in [4.78, 5) is 29.0. The summed E-state index contributed by atoms with van der Waals surface area (Å²) in [7, 11) is -3.92. The molecule has 8 nitrogen and oxygen atoms in total. The lowest BCUT2D eigenvalue weighted by molar-refractivity contribution is -0.140. The number of nitrogens with one attached hydrogen (secondary N) is 1. The van der Waals surface area contributed by atoms with Gasteiger partial charge in [0.25, 0.3) is 0 Å². The molecule has 2 amide bonds. The Morgan fingerprint density at radius 1 is 0.864 bits per heavy atom. The van der Waals surface area contributed by atoms with E-state index < -0.39 is 28.5 Å². The molecule has 0 aliphatic heterocycles. The topological polar surface area (TPSA) is 96.0 Å². The Hall–Kier alpha value is -4.05. The number of likely N-dealkylation sites (N-methyl/N-ethyl adjacent to an activating group) is 1. The average molecular weight is 655 g/mol. The minimum atomic E-state index is -3.92. The number of amides is 2. The lowest BCUT2D eigenvalue weighted by Gasteiger charge is -2.33. The van der Waals surface area contributed by atoms with Crippen molar-refractivity contribution in [1.82, 2.24) is 10.2 Å². The molecule has 11 heteroatoms. The number of carbonyl (C=O) groups is 2. The summed E-state index contributed by atoms with van der Waals surface area (Å²) in [6, 6.07) is 28.8. The predicted octanol–water partition coefficient (Wildman–Crippen LogP) is 6.33. The first-order chi connectivity index (χ1) is 21.0. The number of benzene rings is 4. The van der Waals surface area contributed by atoms with Crippen LogP contribution in [0.5, 0.6) is 11.5 Å². The van der Waals surface area contributed by atoms with E-state index in [0.29, 0.717) is 33.7 Å². The van der Waals surface area contributed by atoms with Crippen LogP contribution in [0.1, 0.15) is 18.1 Å². The zero-order valence-electron chi connectivity index (χ0n) is 24.3. The lowest BCUT2D eigenvalue weighted by atomic mass is 10.0. The Balaban J connectivity index is 1.68. The molecular weight excluding hydrogens is 621 g/mol. The zero-order chi connectivity index (χ0) is 31.7. The molecule has 1 N–H and O–H groups in total. The van der Waals surface area contributed by atoms with Gasteiger partial charge in [-0.2, -0.15) is 0 Å². The van der Waals surface area contributed by atoms with Gasteiger partial charge >= 0.3 is 0 Å². The fourth-order valence-electron chi connectivity index (χ4n) is 4.60. The minimum absolute atomic E-state index is 0.0507. The van der Waals surface area contributed by atoms with Crippen LogP contribution in [0.15, 0.2) is 103 Å². The summed E-state index contributed by atoms with van der Waals surface area (Å²) in [6.07, 6.45) is 1.23. The van der Waals surface area contributed by atoms with Gasteiger partial charge in [-0.3, -0.25) is 13.9 Å². The van der Waals surface area contributed by atoms with Crippen LogP contribution in [-0.4, -0.2) is 50.5 Å². The van der Waals surface area contributed by atoms with E-state index in [-0.39, 0.29) is 24.6 Å². The van der Waals surface area contributed by atoms with Gasteiger partial charge in [-0.25, -0.2) is 8.42 Å². The van der Waals surface area contributed by atoms with E-state index in [0.717, 1.165) is 16.1 Å². The molecule has 230 valence electrons. The third-order valence-corrected chi connectivity index (χ3v) is 8.49. The highest BCUT2D eigenvalue weighted by Gasteiger charge is 2.33. The molecular formula is C33H33Cl2N3O5S. The van der Waals surface area contributed by atoms with Crippen LogP contribution in [-0.2, 0) is 32.6 Å². The van der Waals surface area contributed by atoms with E-state index in [1.54, 1.807) is 61.5 Å². The van der Waals surface area contributed by atoms with Crippen LogP contribution in [0.4, 0.5) is 5.69 Å². The van der Waals surface area contributed by atoms with Crippen molar-refractivity contribution in [2.75, 3.05) is 23.7 Å². The molecule has 0 heterocycles. The van der Waals surface area contributed by atoms with Crippen molar-refractivity contribution in [3.05, 3.63) is 124 Å². The summed E-state index contributed by atoms with van der Waals surface area (Å²) in [5, 5.41) is 3.56. The van der Waals surface area contributed by atoms with Gasteiger partial charge in [0, 0.05) is 29.6 Å². The Labute approximate surface area is 268 Å². The van der Waals surface area contributed by atoms with Crippen LogP contribution in [0.3, 0.4) is 0 Å². The molecule has 44 heavy (non-hydrogen) atoms. The molecule has 1 unspecified atom stereocenters. The third kappa shape index (κ3) is 8.98. The maximum atomic E-state index is 14.2. The maximum absolute atomic E-state index is 14.2. The minimum Gasteiger partial charge on any atom is -0.457 e. The molecule has 0 bridgehead atoms. The van der Waals surface area contributed by atoms with Gasteiger partial charge < -0.3 is 15.0 Å². The van der Waals surface area contributed by atoms with Crippen molar-refractivity contribution in [2.45, 2.75) is 25.9 Å². The summed E-state index contributed by atoms with van der Waals surface area (Å²) >= 11 is 12.6. The highest BCUT2D eigenvalue weighted by atomic mass is 35.5. The van der Waals surface area contributed by atoms with Gasteiger partial charge in [0.15, 0.2) is 0 Å². The van der Waals surface area contributed by atoms with E-state index >= 15 is 0 Å². The van der Waals surface area contributed by atoms with Crippen molar-refractivity contribution >= 4 is 50.7 Å². The van der Waals surface area contributed by atoms with Crippen LogP contribution in [0.2, 0.25) is 10.0 Å². The number of rotatable bonds is 13. The molecule has 4 aromatic rings. The van der Waals surface area contributed by atoms with Gasteiger partial charge in [-0.1, -0.05) is 77.8 Å². The Morgan fingerprint density at radius 2 is 1.48 bits per heavy atom. The molecule has 0 aliphatic rings. The normalized spacial score (nSPS) is 11.8. The monoisotopic (exact) mass is 653 g/mol. The molecule has 0 aromatic heterocycles. The fourth-order valence-corrected chi connectivity index (χ4v) is 5.92. The molecule has 4 aromatic carbocycles. The van der Waals surface area contributed by atoms with Crippen LogP contribution < -0.4 is 14.4 Å². The molecule has 0 saturated carbocycles. The summed E-state index contributed by atoms with van der Waals surface area (Å²) < 4.78 is 32.9. The van der Waals surface area contributed by atoms with Crippen LogP contribution in [0.25, 0.3) is 0 Å². The summed E-state index contributed by atoms with van der Waals surface area (Å²) in [6.45, 7) is 1.54. The fraction of sp³-hybridized carbons (Fsp3) is 0.212. The number of carbonyl (C=O) groups excluding carboxylic acids is 2. The summed E-state index contributed by atoms with van der Waals surface area (Å²) in [5.74, 6) is 0.168. The maximum Gasteiger partial charge on any atom is 0.244 e. The van der Waals surface area contributed by atoms with Crippen molar-refractivity contribution in [3.63, 3.8) is 0 Å². The largest absolute Gasteiger partial charge is 0.457 e. The smallest absolute Gasteiger partial charge is 0.244 e. The summed E-state index contributed by atoms with van der Waals surface area (Å²) in [5.41, 5.74) is 1.65. The van der Waals surface area contributed by atoms with Crippen LogP contribution >= 0.6 is 23.2 Å². The van der Waals surface area contributed by atoms with Crippen molar-refractivity contribution in [2.24, 2.45) is 0 Å². The average Bonchev–Trinajstić information content (AvgIpc) is 2.99. The molecule has 4 rings (SSSR count). The molecule has 0 spiro atoms. The van der Waals surface area contributed by atoms with Gasteiger partial charge in [0.2, 0.25) is 21.8 Å². The lowest BCUT2D eigenvalue weighted by Crippen LogP contribution is -2.53. The van der Waals surface area contributed by atoms with Gasteiger partial charge in [0.05, 0.1) is 11.9 Å². The SMILES string of the molecule is CCNC(=O)C(Cc1ccccc1)N(Cc1ccc(Cl)cc1Cl)C(=O)CN(c1ccc(Oc2ccccc2)cc1)S(C)(=O)=O. The van der Waals surface area contributed by atoms with E-state index in [1.807, 2.05) is 48.5 Å². The molecule has 0 saturated heterocycles. The highest BCUT2D eigenvalue weighted by Crippen LogP contribution is 2.27. The molecule has 0 fully saturated rings. The quantitative estimate of drug-likeness (QED) is 0.182. The number of sulfonamides is 1. The Kier molecular flexibility index (Phi) is 11.3. The molecule has 0 radical (unpaired) electrons. The van der Waals surface area contributed by atoms with E-state index in [4.69, 9.17) is 27.9 Å². The Morgan fingerprint density at radius 3 is 2.07 bits per heavy atom. The standard InChI is InChI=1S/C33H33Cl2N3O5S/c1-3-36-33(40)31(20-24-10-6-4-7-11-24)37(22-25-14-15-26(34)21-30(25)35)32(39)23-38(44(2,41)42)27-16-18-29(19-17-27)43-28-12-8-5-9-13-28/h4-19,21,31H,3,20,22-23H2,1-2H3,(H,36,40). The first-order valence-corrected chi connectivity index (χ1v) is 16.5. The van der Waals surface area contributed by atoms with E-state index in [2.05, 4.69) is 5.32 Å². The Bertz CT molecular complexity index is 1670. The second-order valence-electron chi connectivity index (χ2n) is 10.0. The number of hydrogen-bond acceptors (Lipinski definition) is 5. The molecule has 0 aliphatic carbocycles. The zero-order valence-corrected chi connectivity index (χ0v) is 26.6. The first kappa shape index (κ1) is 32.9. The second-order valence-corrected chi connectivity index (χ2v) is 12.8. The second kappa shape index (κ2) is 15.1. The van der Waals surface area contributed by atoms with E-state index in [9.17, 15) is 18.0 Å². The molecule has 1 atom stereocenters. The number of hydrogen-bond donors (Lipinski definition) is 1. The number of halogens is 2. The number of para-hydroxylation sites is 1. The van der Waals surface area contributed by atoms with Gasteiger partial charge in [0.1, 0.15) is 24.1 Å². The van der Waals surface area contributed by atoms with Crippen molar-refractivity contribution < 1.29 is 22.7 Å². The number of nitrogens with zero attached hydrogens (tertiary/aromatic N) is 2. The van der Waals surface area contributed by atoms with Crippen molar-refractivity contribution in [3.8, 4) is 11.5 Å². The first-order valence-electron chi connectivity index (χ1n) is 13.9. The predicted molar refractivity (Wildman–Crippen MR) is 175 cm³/mol. The van der Waals surface area contributed by atoms with Gasteiger partial charge in [-0.15, -0.1) is 0 Å². The van der Waals surface area contributed by atoms with Crippen LogP contribution in [0, 0.1) is 0 Å². The van der Waals surface area contributed by atoms with Gasteiger partial charge in [-0.05, 0) is 66.6 Å². The third-order valence-electron chi connectivity index (χ3n) is 6.76. The van der Waals surface area contributed by atoms with Crippen molar-refractivity contribution in [1.29, 1.82) is 0 Å². The highest BCUT2D eigenvalue weighted by molar-refractivity contribution is 7.92. The van der Waals surface area contributed by atoms with E-state index in [1.165, 1.54) is 4.90 Å².